The number of benzene rings is 1. The second-order valence-corrected chi connectivity index (χ2v) is 5.77. The van der Waals surface area contributed by atoms with Crippen LogP contribution >= 0.6 is 15.9 Å². The molecule has 0 saturated carbocycles. The maximum absolute atomic E-state index is 4.35. The quantitative estimate of drug-likeness (QED) is 0.698. The van der Waals surface area contributed by atoms with Crippen molar-refractivity contribution in [3.8, 4) is 0 Å². The van der Waals surface area contributed by atoms with Crippen LogP contribution in [0.1, 0.15) is 17.7 Å². The lowest BCUT2D eigenvalue weighted by Gasteiger charge is -2.05. The van der Waals surface area contributed by atoms with Gasteiger partial charge in [-0.1, -0.05) is 30.3 Å². The second-order valence-electron chi connectivity index (χ2n) is 4.95. The third-order valence-electron chi connectivity index (χ3n) is 3.41. The summed E-state index contributed by atoms with van der Waals surface area (Å²) in [6.07, 6.45) is 7.85. The number of hydrogen-bond acceptors (Lipinski definition) is 3. The molecule has 0 amide bonds. The van der Waals surface area contributed by atoms with Crippen molar-refractivity contribution < 1.29 is 0 Å². The van der Waals surface area contributed by atoms with E-state index in [1.54, 1.807) is 6.20 Å². The van der Waals surface area contributed by atoms with Gasteiger partial charge in [0.1, 0.15) is 4.60 Å². The van der Waals surface area contributed by atoms with Crippen molar-refractivity contribution in [3.05, 3.63) is 64.8 Å². The van der Waals surface area contributed by atoms with Gasteiger partial charge in [-0.05, 0) is 40.9 Å². The molecule has 3 aromatic rings. The Labute approximate surface area is 132 Å². The Hall–Kier alpha value is -1.72. The van der Waals surface area contributed by atoms with E-state index < -0.39 is 0 Å². The number of imidazole rings is 1. The normalized spacial score (nSPS) is 11.1. The largest absolute Gasteiger partial charge is 0.311 e. The average Bonchev–Trinajstić information content (AvgIpc) is 2.90. The summed E-state index contributed by atoms with van der Waals surface area (Å²) in [4.78, 5) is 8.52. The van der Waals surface area contributed by atoms with Crippen molar-refractivity contribution in [3.63, 3.8) is 0 Å². The van der Waals surface area contributed by atoms with Gasteiger partial charge in [-0.15, -0.1) is 0 Å². The number of nitrogens with one attached hydrogen (secondary N) is 1. The fourth-order valence-corrected chi connectivity index (χ4v) is 2.63. The van der Waals surface area contributed by atoms with E-state index in [4.69, 9.17) is 0 Å². The number of aromatic nitrogens is 3. The number of fused-ring (bicyclic) bond motifs is 1. The molecule has 0 aliphatic carbocycles. The number of halogens is 1. The molecular formula is C16H17BrN4. The van der Waals surface area contributed by atoms with Crippen LogP contribution in [0.2, 0.25) is 0 Å². The molecule has 0 atom stereocenters. The van der Waals surface area contributed by atoms with Crippen LogP contribution in [-0.4, -0.2) is 20.9 Å². The zero-order valence-electron chi connectivity index (χ0n) is 11.7. The Morgan fingerprint density at radius 3 is 2.81 bits per heavy atom. The predicted octanol–water partition coefficient (Wildman–Crippen LogP) is 3.21. The number of rotatable bonds is 6. The van der Waals surface area contributed by atoms with Crippen molar-refractivity contribution >= 4 is 21.6 Å². The lowest BCUT2D eigenvalue weighted by Crippen LogP contribution is -2.16. The molecule has 2 aromatic heterocycles. The predicted molar refractivity (Wildman–Crippen MR) is 87.2 cm³/mol. The monoisotopic (exact) mass is 344 g/mol. The molecule has 1 aromatic carbocycles. The molecule has 4 nitrogen and oxygen atoms in total. The lowest BCUT2D eigenvalue weighted by atomic mass is 10.1. The van der Waals surface area contributed by atoms with Crippen LogP contribution in [0.25, 0.3) is 5.65 Å². The van der Waals surface area contributed by atoms with E-state index in [1.165, 1.54) is 5.56 Å². The molecule has 1 N–H and O–H groups in total. The van der Waals surface area contributed by atoms with E-state index in [-0.39, 0.29) is 0 Å². The molecule has 5 heteroatoms. The Morgan fingerprint density at radius 1 is 1.10 bits per heavy atom. The van der Waals surface area contributed by atoms with Crippen LogP contribution in [-0.2, 0) is 13.0 Å². The van der Waals surface area contributed by atoms with Gasteiger partial charge in [-0.2, -0.15) is 0 Å². The fraction of sp³-hybridized carbons (Fsp3) is 0.250. The molecule has 0 radical (unpaired) electrons. The molecule has 0 spiro atoms. The summed E-state index contributed by atoms with van der Waals surface area (Å²) in [5, 5.41) is 3.47. The van der Waals surface area contributed by atoms with Gasteiger partial charge in [0.2, 0.25) is 0 Å². The first kappa shape index (κ1) is 14.2. The van der Waals surface area contributed by atoms with Crippen molar-refractivity contribution in [2.45, 2.75) is 19.4 Å². The average molecular weight is 345 g/mol. The van der Waals surface area contributed by atoms with Gasteiger partial charge in [0.15, 0.2) is 5.65 Å². The van der Waals surface area contributed by atoms with Gasteiger partial charge in [-0.25, -0.2) is 9.97 Å². The van der Waals surface area contributed by atoms with E-state index in [1.807, 2.05) is 12.4 Å². The highest BCUT2D eigenvalue weighted by molar-refractivity contribution is 9.10. The molecule has 0 unspecified atom stereocenters. The van der Waals surface area contributed by atoms with Crippen molar-refractivity contribution in [2.24, 2.45) is 0 Å². The molecule has 0 bridgehead atoms. The topological polar surface area (TPSA) is 42.2 Å². The van der Waals surface area contributed by atoms with Crippen LogP contribution in [0.15, 0.2) is 53.5 Å². The van der Waals surface area contributed by atoms with Crippen LogP contribution < -0.4 is 5.32 Å². The number of nitrogens with zero attached hydrogens (tertiary/aromatic N) is 3. The highest BCUT2D eigenvalue weighted by Gasteiger charge is 2.03. The fourth-order valence-electron chi connectivity index (χ4n) is 2.33. The highest BCUT2D eigenvalue weighted by atomic mass is 79.9. The number of aryl methyl sites for hydroxylation is 1. The molecular weight excluding hydrogens is 328 g/mol. The molecule has 0 saturated heterocycles. The molecule has 3 rings (SSSR count). The van der Waals surface area contributed by atoms with Crippen LogP contribution in [0.3, 0.4) is 0 Å². The first-order valence-corrected chi connectivity index (χ1v) is 7.84. The van der Waals surface area contributed by atoms with Crippen molar-refractivity contribution in [1.29, 1.82) is 0 Å². The minimum Gasteiger partial charge on any atom is -0.311 e. The molecule has 108 valence electrons. The molecule has 21 heavy (non-hydrogen) atoms. The summed E-state index contributed by atoms with van der Waals surface area (Å²) < 4.78 is 2.87. The van der Waals surface area contributed by atoms with Crippen molar-refractivity contribution in [2.75, 3.05) is 6.54 Å². The lowest BCUT2D eigenvalue weighted by molar-refractivity contribution is 0.638. The summed E-state index contributed by atoms with van der Waals surface area (Å²) in [6, 6.07) is 10.6. The SMILES string of the molecule is Brc1cn2c(CNCCCc3ccccc3)cnc2cn1. The Kier molecular flexibility index (Phi) is 4.62. The van der Waals surface area contributed by atoms with Crippen molar-refractivity contribution in [1.82, 2.24) is 19.7 Å². The van der Waals surface area contributed by atoms with Gasteiger partial charge in [0, 0.05) is 12.7 Å². The molecule has 0 aliphatic heterocycles. The standard InChI is InChI=1S/C16H17BrN4/c17-15-12-21-14(10-20-16(21)11-19-15)9-18-8-4-7-13-5-2-1-3-6-13/h1-3,5-6,10-12,18H,4,7-9H2. The maximum atomic E-state index is 4.35. The third-order valence-corrected chi connectivity index (χ3v) is 3.82. The third kappa shape index (κ3) is 3.68. The first-order chi connectivity index (χ1) is 10.3. The summed E-state index contributed by atoms with van der Waals surface area (Å²) in [6.45, 7) is 1.81. The van der Waals surface area contributed by atoms with Crippen LogP contribution in [0.5, 0.6) is 0 Å². The van der Waals surface area contributed by atoms with E-state index in [0.717, 1.165) is 41.9 Å². The van der Waals surface area contributed by atoms with Gasteiger partial charge >= 0.3 is 0 Å². The van der Waals surface area contributed by atoms with Crippen LogP contribution in [0, 0.1) is 0 Å². The van der Waals surface area contributed by atoms with E-state index >= 15 is 0 Å². The zero-order valence-corrected chi connectivity index (χ0v) is 13.3. The Morgan fingerprint density at radius 2 is 1.95 bits per heavy atom. The van der Waals surface area contributed by atoms with Crippen LogP contribution in [0.4, 0.5) is 0 Å². The number of hydrogen-bond donors (Lipinski definition) is 1. The first-order valence-electron chi connectivity index (χ1n) is 7.05. The van der Waals surface area contributed by atoms with Gasteiger partial charge in [0.05, 0.1) is 18.1 Å². The molecule has 0 aliphatic rings. The minimum absolute atomic E-state index is 0.812. The summed E-state index contributed by atoms with van der Waals surface area (Å²) in [5.41, 5.74) is 3.41. The van der Waals surface area contributed by atoms with Gasteiger partial charge in [-0.3, -0.25) is 4.40 Å². The highest BCUT2D eigenvalue weighted by Crippen LogP contribution is 2.10. The summed E-state index contributed by atoms with van der Waals surface area (Å²) >= 11 is 3.39. The minimum atomic E-state index is 0.812. The zero-order chi connectivity index (χ0) is 14.5. The smallest absolute Gasteiger partial charge is 0.155 e. The maximum Gasteiger partial charge on any atom is 0.155 e. The Bertz CT molecular complexity index is 709. The Balaban J connectivity index is 1.49. The van der Waals surface area contributed by atoms with Gasteiger partial charge in [0.25, 0.3) is 0 Å². The molecule has 0 fully saturated rings. The van der Waals surface area contributed by atoms with Gasteiger partial charge < -0.3 is 5.32 Å². The van der Waals surface area contributed by atoms with E-state index in [9.17, 15) is 0 Å². The second kappa shape index (κ2) is 6.83. The summed E-state index contributed by atoms with van der Waals surface area (Å²) in [7, 11) is 0. The van der Waals surface area contributed by atoms with E-state index in [2.05, 4.69) is 65.9 Å². The van der Waals surface area contributed by atoms with E-state index in [0.29, 0.717) is 0 Å². The summed E-state index contributed by atoms with van der Waals surface area (Å²) in [5.74, 6) is 0. The molecule has 2 heterocycles.